The number of amides is 1. The fraction of sp³-hybridized carbons (Fsp3) is 0.343. The van der Waals surface area contributed by atoms with E-state index in [2.05, 4.69) is 6.92 Å². The Labute approximate surface area is 260 Å². The topological polar surface area (TPSA) is 98.2 Å². The Kier molecular flexibility index (Phi) is 8.07. The van der Waals surface area contributed by atoms with Crippen LogP contribution < -0.4 is 19.1 Å². The van der Waals surface area contributed by atoms with Gasteiger partial charge in [-0.25, -0.2) is 4.98 Å². The maximum absolute atomic E-state index is 13.8. The van der Waals surface area contributed by atoms with Crippen LogP contribution >= 0.6 is 11.3 Å². The van der Waals surface area contributed by atoms with Gasteiger partial charge in [0.15, 0.2) is 16.6 Å². The summed E-state index contributed by atoms with van der Waals surface area (Å²) in [5.41, 5.74) is 4.81. The van der Waals surface area contributed by atoms with Crippen molar-refractivity contribution >= 4 is 44.1 Å². The highest BCUT2D eigenvalue weighted by Crippen LogP contribution is 2.46. The zero-order valence-corrected chi connectivity index (χ0v) is 26.4. The number of hydrogen-bond donors (Lipinski definition) is 1. The van der Waals surface area contributed by atoms with Crippen LogP contribution in [0.3, 0.4) is 0 Å². The normalized spacial score (nSPS) is 19.0. The number of rotatable bonds is 9. The second kappa shape index (κ2) is 12.0. The predicted octanol–water partition coefficient (Wildman–Crippen LogP) is 7.44. The SMILES string of the molecule is CCCCCOc1ccc([C@@H]2C(=C(O)c3ccc4c(c3)C[C@@H](C)O4)C(=O)C(=O)N2c2nc3c(C)cc(C)cc3s2)cc1OC. The number of aliphatic hydroxyl groups is 1. The third kappa shape index (κ3) is 5.30. The lowest BCUT2D eigenvalue weighted by atomic mass is 9.94. The molecule has 1 aromatic heterocycles. The first kappa shape index (κ1) is 29.7. The molecular formula is C35H36N2O6S. The summed E-state index contributed by atoms with van der Waals surface area (Å²) in [6.45, 7) is 8.66. The van der Waals surface area contributed by atoms with Gasteiger partial charge in [-0.3, -0.25) is 14.5 Å². The van der Waals surface area contributed by atoms with Crippen LogP contribution in [-0.2, 0) is 16.0 Å². The summed E-state index contributed by atoms with van der Waals surface area (Å²) in [6.07, 6.45) is 3.77. The number of carbonyl (C=O) groups excluding carboxylic acids is 2. The number of nitrogens with zero attached hydrogens (tertiary/aromatic N) is 2. The van der Waals surface area contributed by atoms with Crippen LogP contribution in [0.4, 0.5) is 5.13 Å². The second-order valence-corrected chi connectivity index (χ2v) is 12.5. The van der Waals surface area contributed by atoms with Crippen LogP contribution in [0.2, 0.25) is 0 Å². The van der Waals surface area contributed by atoms with E-state index in [-0.39, 0.29) is 17.4 Å². The van der Waals surface area contributed by atoms with Crippen molar-refractivity contribution in [2.24, 2.45) is 0 Å². The van der Waals surface area contributed by atoms with Crippen LogP contribution in [0, 0.1) is 13.8 Å². The fourth-order valence-corrected chi connectivity index (χ4v) is 7.21. The molecule has 0 unspecified atom stereocenters. The van der Waals surface area contributed by atoms with E-state index in [1.807, 2.05) is 45.0 Å². The maximum Gasteiger partial charge on any atom is 0.301 e. The molecule has 0 saturated carbocycles. The number of aliphatic hydroxyl groups excluding tert-OH is 1. The molecule has 6 rings (SSSR count). The van der Waals surface area contributed by atoms with Crippen molar-refractivity contribution in [3.63, 3.8) is 0 Å². The monoisotopic (exact) mass is 612 g/mol. The molecule has 1 saturated heterocycles. The van der Waals surface area contributed by atoms with Gasteiger partial charge in [-0.2, -0.15) is 0 Å². The molecule has 2 aliphatic rings. The van der Waals surface area contributed by atoms with Crippen molar-refractivity contribution in [3.8, 4) is 17.2 Å². The number of ketones is 1. The van der Waals surface area contributed by atoms with Crippen molar-refractivity contribution in [3.05, 3.63) is 81.9 Å². The highest BCUT2D eigenvalue weighted by Gasteiger charge is 2.48. The van der Waals surface area contributed by atoms with Gasteiger partial charge in [0.25, 0.3) is 5.78 Å². The quantitative estimate of drug-likeness (QED) is 0.0908. The Morgan fingerprint density at radius 2 is 1.91 bits per heavy atom. The number of thiazole rings is 1. The van der Waals surface area contributed by atoms with Gasteiger partial charge >= 0.3 is 5.91 Å². The lowest BCUT2D eigenvalue weighted by molar-refractivity contribution is -0.132. The molecule has 2 atom stereocenters. The molecular weight excluding hydrogens is 576 g/mol. The number of anilines is 1. The minimum atomic E-state index is -0.941. The van der Waals surface area contributed by atoms with E-state index in [4.69, 9.17) is 19.2 Å². The molecule has 3 heterocycles. The van der Waals surface area contributed by atoms with Gasteiger partial charge in [0.1, 0.15) is 17.6 Å². The molecule has 3 aromatic carbocycles. The molecule has 2 aliphatic heterocycles. The molecule has 44 heavy (non-hydrogen) atoms. The van der Waals surface area contributed by atoms with Gasteiger partial charge in [0.05, 0.1) is 35.5 Å². The summed E-state index contributed by atoms with van der Waals surface area (Å²) in [6, 6.07) is 13.8. The van der Waals surface area contributed by atoms with Crippen molar-refractivity contribution in [2.45, 2.75) is 65.5 Å². The Morgan fingerprint density at radius 3 is 2.68 bits per heavy atom. The maximum atomic E-state index is 13.8. The molecule has 1 N–H and O–H groups in total. The Bertz CT molecular complexity index is 1810. The third-order valence-corrected chi connectivity index (χ3v) is 9.15. The van der Waals surface area contributed by atoms with Crippen LogP contribution in [0.15, 0.2) is 54.1 Å². The van der Waals surface area contributed by atoms with E-state index in [9.17, 15) is 14.7 Å². The van der Waals surface area contributed by atoms with Gasteiger partial charge in [0.2, 0.25) is 0 Å². The Hall–Kier alpha value is -4.37. The third-order valence-electron chi connectivity index (χ3n) is 8.15. The van der Waals surface area contributed by atoms with Gasteiger partial charge in [-0.1, -0.05) is 43.2 Å². The number of Topliss-reactive ketones (excluding diaryl/α,β-unsaturated/α-hetero) is 1. The number of methoxy groups -OCH3 is 1. The summed E-state index contributed by atoms with van der Waals surface area (Å²) >= 11 is 1.35. The first-order valence-corrected chi connectivity index (χ1v) is 15.8. The summed E-state index contributed by atoms with van der Waals surface area (Å²) in [5, 5.41) is 12.1. The van der Waals surface area contributed by atoms with Gasteiger partial charge < -0.3 is 19.3 Å². The van der Waals surface area contributed by atoms with E-state index in [1.54, 1.807) is 31.4 Å². The van der Waals surface area contributed by atoms with Crippen LogP contribution in [0.5, 0.6) is 17.2 Å². The standard InChI is InChI=1S/C35H36N2O6S/c1-6-7-8-13-42-26-12-9-22(18-27(26)41-5)31-29(32(38)23-10-11-25-24(17-23)16-21(4)43-25)33(39)34(40)37(31)35-36-30-20(3)14-19(2)15-28(30)44-35/h9-12,14-15,17-18,21,31,38H,6-8,13,16H2,1-5H3/t21-,31-/m1/s1. The van der Waals surface area contributed by atoms with Crippen LogP contribution in [-0.4, -0.2) is 41.6 Å². The van der Waals surface area contributed by atoms with Crippen molar-refractivity contribution in [2.75, 3.05) is 18.6 Å². The molecule has 0 radical (unpaired) electrons. The largest absolute Gasteiger partial charge is 0.507 e. The van der Waals surface area contributed by atoms with E-state index in [0.29, 0.717) is 40.8 Å². The Balaban J connectivity index is 1.50. The summed E-state index contributed by atoms with van der Waals surface area (Å²) in [5.74, 6) is 0.0356. The molecule has 9 heteroatoms. The number of unbranched alkanes of at least 4 members (excludes halogenated alkanes) is 2. The zero-order valence-electron chi connectivity index (χ0n) is 25.6. The molecule has 8 nitrogen and oxygen atoms in total. The number of aromatic nitrogens is 1. The van der Waals surface area contributed by atoms with Crippen molar-refractivity contribution in [1.29, 1.82) is 0 Å². The first-order chi connectivity index (χ1) is 21.2. The number of carbonyl (C=O) groups is 2. The van der Waals surface area contributed by atoms with E-state index < -0.39 is 17.7 Å². The summed E-state index contributed by atoms with van der Waals surface area (Å²) in [4.78, 5) is 33.9. The lowest BCUT2D eigenvalue weighted by Gasteiger charge is -2.24. The van der Waals surface area contributed by atoms with Crippen LogP contribution in [0.25, 0.3) is 16.0 Å². The van der Waals surface area contributed by atoms with E-state index in [1.165, 1.54) is 16.2 Å². The molecule has 4 aromatic rings. The number of fused-ring (bicyclic) bond motifs is 2. The van der Waals surface area contributed by atoms with Gasteiger partial charge in [-0.15, -0.1) is 0 Å². The summed E-state index contributed by atoms with van der Waals surface area (Å²) in [7, 11) is 1.56. The average Bonchev–Trinajstić information content (AvgIpc) is 3.67. The number of benzene rings is 3. The first-order valence-electron chi connectivity index (χ1n) is 15.0. The second-order valence-electron chi connectivity index (χ2n) is 11.5. The molecule has 228 valence electrons. The van der Waals surface area contributed by atoms with Crippen molar-refractivity contribution in [1.82, 2.24) is 4.98 Å². The van der Waals surface area contributed by atoms with E-state index in [0.717, 1.165) is 51.9 Å². The van der Waals surface area contributed by atoms with Gasteiger partial charge in [0, 0.05) is 12.0 Å². The highest BCUT2D eigenvalue weighted by molar-refractivity contribution is 7.22. The number of hydrogen-bond acceptors (Lipinski definition) is 8. The molecule has 0 spiro atoms. The molecule has 1 fully saturated rings. The zero-order chi connectivity index (χ0) is 31.1. The number of aryl methyl sites for hydroxylation is 2. The Morgan fingerprint density at radius 1 is 1.09 bits per heavy atom. The average molecular weight is 613 g/mol. The smallest absolute Gasteiger partial charge is 0.301 e. The number of ether oxygens (including phenoxy) is 3. The predicted molar refractivity (Wildman–Crippen MR) is 172 cm³/mol. The molecule has 1 amide bonds. The molecule has 0 aliphatic carbocycles. The minimum Gasteiger partial charge on any atom is -0.507 e. The highest BCUT2D eigenvalue weighted by atomic mass is 32.1. The van der Waals surface area contributed by atoms with E-state index >= 15 is 0 Å². The van der Waals surface area contributed by atoms with Crippen molar-refractivity contribution < 1.29 is 28.9 Å². The van der Waals surface area contributed by atoms with Crippen LogP contribution in [0.1, 0.15) is 67.0 Å². The van der Waals surface area contributed by atoms with Gasteiger partial charge in [-0.05, 0) is 85.8 Å². The minimum absolute atomic E-state index is 0.00672. The lowest BCUT2D eigenvalue weighted by Crippen LogP contribution is -2.29. The molecule has 0 bridgehead atoms. The fourth-order valence-electron chi connectivity index (χ4n) is 6.04. The summed E-state index contributed by atoms with van der Waals surface area (Å²) < 4.78 is 18.5.